The van der Waals surface area contributed by atoms with Gasteiger partial charge in [0.25, 0.3) is 10.0 Å². The van der Waals surface area contributed by atoms with Crippen LogP contribution in [0.25, 0.3) is 4.96 Å². The third-order valence-electron chi connectivity index (χ3n) is 3.64. The molecule has 0 spiro atoms. The fourth-order valence-electron chi connectivity index (χ4n) is 2.32. The van der Waals surface area contributed by atoms with E-state index in [1.54, 1.807) is 23.0 Å². The molecule has 2 aromatic rings. The molecular formula is C11H16N4O2S2. The number of hydrogen-bond acceptors (Lipinski definition) is 5. The van der Waals surface area contributed by atoms with Gasteiger partial charge in [0.1, 0.15) is 0 Å². The first-order chi connectivity index (χ1) is 9.00. The van der Waals surface area contributed by atoms with E-state index < -0.39 is 10.0 Å². The Morgan fingerprint density at radius 1 is 1.58 bits per heavy atom. The summed E-state index contributed by atoms with van der Waals surface area (Å²) in [6, 6.07) is 0. The predicted molar refractivity (Wildman–Crippen MR) is 74.6 cm³/mol. The summed E-state index contributed by atoms with van der Waals surface area (Å²) in [6.07, 6.45) is 5.10. The number of rotatable bonds is 4. The maximum atomic E-state index is 12.6. The fraction of sp³-hybridized carbons (Fsp3) is 0.545. The molecule has 0 radical (unpaired) electrons. The van der Waals surface area contributed by atoms with Gasteiger partial charge in [0.2, 0.25) is 0 Å². The van der Waals surface area contributed by atoms with Gasteiger partial charge >= 0.3 is 0 Å². The van der Waals surface area contributed by atoms with Crippen LogP contribution in [0, 0.1) is 5.92 Å². The van der Waals surface area contributed by atoms with E-state index in [0.717, 1.165) is 12.8 Å². The summed E-state index contributed by atoms with van der Waals surface area (Å²) < 4.78 is 28.1. The molecule has 0 bridgehead atoms. The van der Waals surface area contributed by atoms with Crippen LogP contribution in [-0.4, -0.2) is 35.7 Å². The minimum atomic E-state index is -3.58. The lowest BCUT2D eigenvalue weighted by molar-refractivity contribution is 0.262. The molecule has 0 atom stereocenters. The molecule has 1 saturated carbocycles. The largest absolute Gasteiger partial charge is 0.381 e. The number of anilines is 1. The van der Waals surface area contributed by atoms with Crippen LogP contribution >= 0.6 is 11.3 Å². The van der Waals surface area contributed by atoms with Crippen LogP contribution in [0.15, 0.2) is 16.6 Å². The molecule has 2 N–H and O–H groups in total. The summed E-state index contributed by atoms with van der Waals surface area (Å²) in [4.78, 5) is 4.69. The molecule has 0 aromatic carbocycles. The van der Waals surface area contributed by atoms with Gasteiger partial charge in [-0.05, 0) is 18.8 Å². The van der Waals surface area contributed by atoms with Crippen LogP contribution in [0.1, 0.15) is 19.3 Å². The van der Waals surface area contributed by atoms with Crippen molar-refractivity contribution < 1.29 is 8.42 Å². The van der Waals surface area contributed by atoms with E-state index >= 15 is 0 Å². The molecule has 3 rings (SSSR count). The van der Waals surface area contributed by atoms with Crippen LogP contribution < -0.4 is 5.73 Å². The molecule has 6 nitrogen and oxygen atoms in total. The molecule has 104 valence electrons. The lowest BCUT2D eigenvalue weighted by Crippen LogP contribution is -2.35. The smallest absolute Gasteiger partial charge is 0.262 e. The normalized spacial score (nSPS) is 17.2. The first-order valence-corrected chi connectivity index (χ1v) is 8.49. The second kappa shape index (κ2) is 4.46. The van der Waals surface area contributed by atoms with Crippen LogP contribution in [0.2, 0.25) is 0 Å². The van der Waals surface area contributed by atoms with Crippen LogP contribution in [0.4, 0.5) is 5.82 Å². The summed E-state index contributed by atoms with van der Waals surface area (Å²) in [5, 5.41) is 1.89. The van der Waals surface area contributed by atoms with Crippen molar-refractivity contribution in [3.8, 4) is 0 Å². The number of thiazole rings is 1. The highest BCUT2D eigenvalue weighted by Crippen LogP contribution is 2.30. The highest BCUT2D eigenvalue weighted by atomic mass is 32.2. The van der Waals surface area contributed by atoms with Crippen molar-refractivity contribution >= 4 is 32.1 Å². The molecule has 0 unspecified atom stereocenters. The van der Waals surface area contributed by atoms with E-state index in [4.69, 9.17) is 5.73 Å². The molecule has 0 saturated heterocycles. The summed E-state index contributed by atoms with van der Waals surface area (Å²) in [5.41, 5.74) is 5.77. The van der Waals surface area contributed by atoms with E-state index in [2.05, 4.69) is 4.98 Å². The molecule has 8 heteroatoms. The average Bonchev–Trinajstić information content (AvgIpc) is 2.81. The summed E-state index contributed by atoms with van der Waals surface area (Å²) >= 11 is 1.37. The second-order valence-electron chi connectivity index (χ2n) is 4.94. The van der Waals surface area contributed by atoms with E-state index in [0.29, 0.717) is 17.4 Å². The SMILES string of the molecule is CN(CC1CCC1)S(=O)(=O)c1c(N)nc2sccn12. The van der Waals surface area contributed by atoms with Gasteiger partial charge < -0.3 is 5.73 Å². The van der Waals surface area contributed by atoms with Gasteiger partial charge in [-0.15, -0.1) is 11.3 Å². The zero-order valence-corrected chi connectivity index (χ0v) is 12.2. The number of nitrogens with zero attached hydrogens (tertiary/aromatic N) is 3. The Kier molecular flexibility index (Phi) is 3.03. The quantitative estimate of drug-likeness (QED) is 0.925. The van der Waals surface area contributed by atoms with Gasteiger partial charge in [0, 0.05) is 25.2 Å². The second-order valence-corrected chi connectivity index (χ2v) is 7.77. The monoisotopic (exact) mass is 300 g/mol. The first kappa shape index (κ1) is 12.9. The molecule has 1 aliphatic rings. The Morgan fingerprint density at radius 3 is 2.95 bits per heavy atom. The zero-order chi connectivity index (χ0) is 13.6. The number of hydrogen-bond donors (Lipinski definition) is 1. The van der Waals surface area contributed by atoms with Gasteiger partial charge in [-0.1, -0.05) is 6.42 Å². The van der Waals surface area contributed by atoms with E-state index in [1.165, 1.54) is 22.1 Å². The zero-order valence-electron chi connectivity index (χ0n) is 10.6. The maximum Gasteiger partial charge on any atom is 0.262 e. The van der Waals surface area contributed by atoms with Crippen molar-refractivity contribution in [2.45, 2.75) is 24.3 Å². The number of aromatic nitrogens is 2. The van der Waals surface area contributed by atoms with Gasteiger partial charge in [0.05, 0.1) is 0 Å². The van der Waals surface area contributed by atoms with Crippen molar-refractivity contribution in [2.24, 2.45) is 5.92 Å². The molecular weight excluding hydrogens is 284 g/mol. The molecule has 0 aliphatic heterocycles. The Morgan fingerprint density at radius 2 is 2.32 bits per heavy atom. The highest BCUT2D eigenvalue weighted by Gasteiger charge is 2.31. The molecule has 2 heterocycles. The lowest BCUT2D eigenvalue weighted by atomic mass is 9.86. The molecule has 2 aromatic heterocycles. The van der Waals surface area contributed by atoms with Gasteiger partial charge in [0.15, 0.2) is 15.8 Å². The first-order valence-electron chi connectivity index (χ1n) is 6.17. The standard InChI is InChI=1S/C11H16N4O2S2/c1-14(7-8-3-2-4-8)19(16,17)10-9(12)13-11-15(10)5-6-18-11/h5-6,8H,2-4,7,12H2,1H3. The van der Waals surface area contributed by atoms with Crippen molar-refractivity contribution in [1.29, 1.82) is 0 Å². The number of nitrogen functional groups attached to an aromatic ring is 1. The lowest BCUT2D eigenvalue weighted by Gasteiger charge is -2.29. The van der Waals surface area contributed by atoms with Gasteiger partial charge in [-0.3, -0.25) is 4.40 Å². The highest BCUT2D eigenvalue weighted by molar-refractivity contribution is 7.89. The number of fused-ring (bicyclic) bond motifs is 1. The average molecular weight is 300 g/mol. The summed E-state index contributed by atoms with van der Waals surface area (Å²) in [6.45, 7) is 0.555. The van der Waals surface area contributed by atoms with Crippen LogP contribution in [0.5, 0.6) is 0 Å². The Balaban J connectivity index is 1.98. The van der Waals surface area contributed by atoms with Gasteiger partial charge in [-0.25, -0.2) is 13.4 Å². The van der Waals surface area contributed by atoms with Crippen molar-refractivity contribution in [2.75, 3.05) is 19.3 Å². The minimum absolute atomic E-state index is 0.0762. The van der Waals surface area contributed by atoms with Crippen LogP contribution in [0.3, 0.4) is 0 Å². The topological polar surface area (TPSA) is 80.7 Å². The number of sulfonamides is 1. The number of imidazole rings is 1. The van der Waals surface area contributed by atoms with Crippen molar-refractivity contribution in [1.82, 2.24) is 13.7 Å². The molecule has 0 amide bonds. The third-order valence-corrected chi connectivity index (χ3v) is 6.26. The maximum absolute atomic E-state index is 12.6. The Labute approximate surface area is 115 Å². The minimum Gasteiger partial charge on any atom is -0.381 e. The predicted octanol–water partition coefficient (Wildman–Crippen LogP) is 1.40. The van der Waals surface area contributed by atoms with Gasteiger partial charge in [-0.2, -0.15) is 4.31 Å². The van der Waals surface area contributed by atoms with Crippen molar-refractivity contribution in [3.63, 3.8) is 0 Å². The van der Waals surface area contributed by atoms with E-state index in [1.807, 2.05) is 0 Å². The molecule has 19 heavy (non-hydrogen) atoms. The van der Waals surface area contributed by atoms with E-state index in [-0.39, 0.29) is 10.8 Å². The third kappa shape index (κ3) is 2.03. The van der Waals surface area contributed by atoms with Crippen molar-refractivity contribution in [3.05, 3.63) is 11.6 Å². The molecule has 1 fully saturated rings. The summed E-state index contributed by atoms with van der Waals surface area (Å²) in [7, 11) is -1.97. The Bertz CT molecular complexity index is 699. The fourth-order valence-corrected chi connectivity index (χ4v) is 4.51. The molecule has 1 aliphatic carbocycles. The number of nitrogens with two attached hydrogens (primary N) is 1. The van der Waals surface area contributed by atoms with Crippen LogP contribution in [-0.2, 0) is 10.0 Å². The Hall–Kier alpha value is -1.12. The van der Waals surface area contributed by atoms with E-state index in [9.17, 15) is 8.42 Å². The summed E-state index contributed by atoms with van der Waals surface area (Å²) in [5.74, 6) is 0.555.